The van der Waals surface area contributed by atoms with Crippen LogP contribution in [0.5, 0.6) is 11.8 Å². The van der Waals surface area contributed by atoms with Crippen molar-refractivity contribution in [3.05, 3.63) is 76.0 Å². The second-order valence-electron chi connectivity index (χ2n) is 12.6. The summed E-state index contributed by atoms with van der Waals surface area (Å²) in [5, 5.41) is 14.4. The van der Waals surface area contributed by atoms with E-state index < -0.39 is 5.60 Å². The quantitative estimate of drug-likeness (QED) is 0.180. The van der Waals surface area contributed by atoms with Crippen LogP contribution in [-0.2, 0) is 17.8 Å². The first kappa shape index (κ1) is 33.2. The maximum atomic E-state index is 11.5. The summed E-state index contributed by atoms with van der Waals surface area (Å²) in [6.07, 6.45) is 6.39. The number of likely N-dealkylation sites (tertiary alicyclic amines) is 1. The summed E-state index contributed by atoms with van der Waals surface area (Å²) < 4.78 is 11.3. The molecule has 2 aliphatic rings. The molecule has 0 bridgehead atoms. The predicted octanol–water partition coefficient (Wildman–Crippen LogP) is 6.75. The van der Waals surface area contributed by atoms with Crippen molar-refractivity contribution in [1.82, 2.24) is 25.2 Å². The summed E-state index contributed by atoms with van der Waals surface area (Å²) >= 11 is 14.1. The van der Waals surface area contributed by atoms with E-state index in [9.17, 15) is 9.90 Å². The normalized spacial score (nSPS) is 19.6. The van der Waals surface area contributed by atoms with Gasteiger partial charge in [0.1, 0.15) is 5.69 Å². The van der Waals surface area contributed by atoms with Crippen LogP contribution in [0, 0.1) is 0 Å². The summed E-state index contributed by atoms with van der Waals surface area (Å²) in [5.41, 5.74) is 5.29. The highest BCUT2D eigenvalue weighted by atomic mass is 35.5. The first-order valence-corrected chi connectivity index (χ1v) is 16.7. The second-order valence-corrected chi connectivity index (χ2v) is 13.3. The number of aromatic nitrogens is 3. The monoisotopic (exact) mass is 675 g/mol. The average molecular weight is 677 g/mol. The highest BCUT2D eigenvalue weighted by molar-refractivity contribution is 6.39. The molecule has 2 N–H and O–H groups in total. The minimum atomic E-state index is -0.675. The molecule has 9 nitrogen and oxygen atoms in total. The van der Waals surface area contributed by atoms with E-state index in [0.29, 0.717) is 64.7 Å². The summed E-state index contributed by atoms with van der Waals surface area (Å²) in [7, 11) is 3.20. The Kier molecular flexibility index (Phi) is 9.98. The molecule has 47 heavy (non-hydrogen) atoms. The van der Waals surface area contributed by atoms with Crippen LogP contribution in [0.4, 0.5) is 0 Å². The lowest BCUT2D eigenvalue weighted by Crippen LogP contribution is -2.29. The van der Waals surface area contributed by atoms with Crippen molar-refractivity contribution in [2.45, 2.75) is 63.6 Å². The van der Waals surface area contributed by atoms with E-state index in [1.54, 1.807) is 20.4 Å². The third-order valence-corrected chi connectivity index (χ3v) is 9.77. The van der Waals surface area contributed by atoms with Crippen LogP contribution < -0.4 is 14.8 Å². The maximum absolute atomic E-state index is 11.5. The third kappa shape index (κ3) is 7.38. The first-order valence-electron chi connectivity index (χ1n) is 15.9. The third-order valence-electron chi connectivity index (χ3n) is 8.95. The molecular formula is C36H39Cl2N5O4. The lowest BCUT2D eigenvalue weighted by Gasteiger charge is -2.20. The van der Waals surface area contributed by atoms with E-state index in [2.05, 4.69) is 15.2 Å². The number of hydrogen-bond donors (Lipinski definition) is 2. The van der Waals surface area contributed by atoms with Gasteiger partial charge in [-0.05, 0) is 45.1 Å². The van der Waals surface area contributed by atoms with E-state index in [1.165, 1.54) is 0 Å². The van der Waals surface area contributed by atoms with Gasteiger partial charge in [0.2, 0.25) is 17.7 Å². The number of carbonyl (C=O) groups is 1. The number of halogens is 2. The summed E-state index contributed by atoms with van der Waals surface area (Å²) in [5.74, 6) is 1.11. The Morgan fingerprint density at radius 1 is 0.957 bits per heavy atom. The molecule has 4 heterocycles. The van der Waals surface area contributed by atoms with Gasteiger partial charge in [-0.2, -0.15) is 0 Å². The van der Waals surface area contributed by atoms with E-state index in [4.69, 9.17) is 42.6 Å². The fourth-order valence-electron chi connectivity index (χ4n) is 6.48. The Balaban J connectivity index is 1.24. The largest absolute Gasteiger partial charge is 0.481 e. The van der Waals surface area contributed by atoms with Crippen molar-refractivity contribution in [2.24, 2.45) is 0 Å². The lowest BCUT2D eigenvalue weighted by atomic mass is 9.98. The number of ether oxygens (including phenoxy) is 2. The van der Waals surface area contributed by atoms with Crippen LogP contribution in [0.2, 0.25) is 10.0 Å². The SMILES string of the molecule is COc1nc(-c2cccc(-c3cccc(-c4cnc(CCC[C@@H]5CCC(=O)N5)c(OC)n4)c3Cl)c2Cl)ccc1CN1CC[C@](C)(O)C1. The van der Waals surface area contributed by atoms with Gasteiger partial charge in [-0.15, -0.1) is 0 Å². The average Bonchev–Trinajstić information content (AvgIpc) is 3.64. The number of benzene rings is 2. The maximum Gasteiger partial charge on any atom is 0.235 e. The van der Waals surface area contributed by atoms with Crippen molar-refractivity contribution in [2.75, 3.05) is 27.3 Å². The Bertz CT molecular complexity index is 1780. The van der Waals surface area contributed by atoms with Crippen LogP contribution in [-0.4, -0.2) is 69.8 Å². The Morgan fingerprint density at radius 3 is 2.23 bits per heavy atom. The Morgan fingerprint density at radius 2 is 1.62 bits per heavy atom. The molecule has 2 aliphatic heterocycles. The molecule has 0 unspecified atom stereocenters. The van der Waals surface area contributed by atoms with Gasteiger partial charge in [-0.25, -0.2) is 9.97 Å². The van der Waals surface area contributed by atoms with Crippen LogP contribution in [0.1, 0.15) is 50.3 Å². The zero-order valence-corrected chi connectivity index (χ0v) is 28.4. The molecule has 246 valence electrons. The number of aryl methyl sites for hydroxylation is 1. The Labute approximate surface area is 285 Å². The number of carbonyl (C=O) groups excluding carboxylic acids is 1. The molecule has 11 heteroatoms. The highest BCUT2D eigenvalue weighted by Gasteiger charge is 2.31. The van der Waals surface area contributed by atoms with Crippen LogP contribution >= 0.6 is 23.2 Å². The fraction of sp³-hybridized carbons (Fsp3) is 0.389. The number of hydrogen-bond acceptors (Lipinski definition) is 8. The zero-order valence-electron chi connectivity index (χ0n) is 26.9. The van der Waals surface area contributed by atoms with Gasteiger partial charge in [0, 0.05) is 59.9 Å². The van der Waals surface area contributed by atoms with Gasteiger partial charge in [-0.3, -0.25) is 14.7 Å². The molecule has 1 amide bonds. The van der Waals surface area contributed by atoms with Crippen LogP contribution in [0.3, 0.4) is 0 Å². The van der Waals surface area contributed by atoms with Crippen molar-refractivity contribution >= 4 is 29.1 Å². The number of aliphatic hydroxyl groups is 1. The Hall–Kier alpha value is -3.76. The highest BCUT2D eigenvalue weighted by Crippen LogP contribution is 2.42. The lowest BCUT2D eigenvalue weighted by molar-refractivity contribution is -0.119. The molecule has 2 fully saturated rings. The van der Waals surface area contributed by atoms with Crippen molar-refractivity contribution in [3.63, 3.8) is 0 Å². The second kappa shape index (κ2) is 14.2. The van der Waals surface area contributed by atoms with Gasteiger partial charge in [0.25, 0.3) is 0 Å². The number of methoxy groups -OCH3 is 2. The van der Waals surface area contributed by atoms with Gasteiger partial charge in [0.15, 0.2) is 0 Å². The van der Waals surface area contributed by atoms with Crippen LogP contribution in [0.25, 0.3) is 33.6 Å². The standard InChI is InChI=1S/C36H39Cl2N5O4/c1-36(45)17-18-43(21-36)20-22-13-15-28(41-34(22)46-2)26-10-5-8-24(32(26)37)25-9-6-11-27(33(25)38)30-19-39-29(35(42-30)47-3)12-4-7-23-14-16-31(44)40-23/h5-6,8-11,13,15,19,23,45H,4,7,12,14,16-18,20-21H2,1-3H3,(H,40,44)/t23-,36+/m1/s1. The van der Waals surface area contributed by atoms with Crippen molar-refractivity contribution in [1.29, 1.82) is 0 Å². The molecular weight excluding hydrogens is 637 g/mol. The number of nitrogens with zero attached hydrogens (tertiary/aromatic N) is 4. The molecule has 2 aromatic heterocycles. The van der Waals surface area contributed by atoms with E-state index in [1.807, 2.05) is 55.5 Å². The number of pyridine rings is 1. The van der Waals surface area contributed by atoms with Crippen LogP contribution in [0.15, 0.2) is 54.7 Å². The molecule has 6 rings (SSSR count). The first-order chi connectivity index (χ1) is 22.7. The number of amides is 1. The fourth-order valence-corrected chi connectivity index (χ4v) is 7.13. The van der Waals surface area contributed by atoms with Crippen molar-refractivity contribution in [3.8, 4) is 45.4 Å². The zero-order chi connectivity index (χ0) is 33.1. The van der Waals surface area contributed by atoms with E-state index in [-0.39, 0.29) is 11.9 Å². The smallest absolute Gasteiger partial charge is 0.235 e. The molecule has 4 aromatic rings. The molecule has 0 aliphatic carbocycles. The molecule has 2 aromatic carbocycles. The van der Waals surface area contributed by atoms with Gasteiger partial charge < -0.3 is 19.9 Å². The number of β-amino-alcohol motifs (C(OH)–C–C–N with tert-alkyl or cyclic N) is 1. The van der Waals surface area contributed by atoms with Crippen molar-refractivity contribution < 1.29 is 19.4 Å². The number of nitrogens with one attached hydrogen (secondary N) is 1. The number of rotatable bonds is 11. The summed E-state index contributed by atoms with van der Waals surface area (Å²) in [6.45, 7) is 3.93. The summed E-state index contributed by atoms with van der Waals surface area (Å²) in [4.78, 5) is 28.0. The predicted molar refractivity (Wildman–Crippen MR) is 184 cm³/mol. The molecule has 2 atom stereocenters. The van der Waals surface area contributed by atoms with E-state index in [0.717, 1.165) is 60.2 Å². The molecule has 2 saturated heterocycles. The molecule has 0 radical (unpaired) electrons. The topological polar surface area (TPSA) is 110 Å². The van der Waals surface area contributed by atoms with Gasteiger partial charge in [0.05, 0.1) is 47.5 Å². The summed E-state index contributed by atoms with van der Waals surface area (Å²) in [6, 6.07) is 15.7. The van der Waals surface area contributed by atoms with Gasteiger partial charge >= 0.3 is 0 Å². The van der Waals surface area contributed by atoms with Gasteiger partial charge in [-0.1, -0.05) is 65.7 Å². The molecule has 0 spiro atoms. The minimum Gasteiger partial charge on any atom is -0.481 e. The molecule has 0 saturated carbocycles. The van der Waals surface area contributed by atoms with E-state index >= 15 is 0 Å². The minimum absolute atomic E-state index is 0.125.